The minimum atomic E-state index is -3.72. The first kappa shape index (κ1) is 100. The highest BCUT2D eigenvalue weighted by atomic mass is 35.5. The molecule has 0 aromatic heterocycles. The summed E-state index contributed by atoms with van der Waals surface area (Å²) in [5.74, 6) is 0.603. The molecular formula is C81H113Cl6N7O20S3. The molecule has 6 aromatic rings. The largest absolute Gasteiger partial charge is 0.508 e. The summed E-state index contributed by atoms with van der Waals surface area (Å²) in [6, 6.07) is 28.9. The van der Waals surface area contributed by atoms with Crippen LogP contribution in [0.5, 0.6) is 17.2 Å². The van der Waals surface area contributed by atoms with Crippen LogP contribution < -0.4 is 29.4 Å². The van der Waals surface area contributed by atoms with Crippen molar-refractivity contribution in [1.29, 1.82) is 0 Å². The van der Waals surface area contributed by atoms with E-state index in [2.05, 4.69) is 24.0 Å². The van der Waals surface area contributed by atoms with Gasteiger partial charge >= 0.3 is 11.9 Å². The number of rotatable bonds is 41. The molecule has 0 unspecified atom stereocenters. The van der Waals surface area contributed by atoms with Crippen molar-refractivity contribution < 1.29 is 92.4 Å². The fraction of sp³-hybridized carbons (Fsp3) is 0.531. The Morgan fingerprint density at radius 2 is 0.744 bits per heavy atom. The molecule has 3 aliphatic carbocycles. The number of hydrogen-bond acceptors (Lipinski definition) is 24. The number of hydrogen-bond donors (Lipinski definition) is 6. The van der Waals surface area contributed by atoms with Crippen LogP contribution in [0, 0.1) is 0 Å². The molecule has 0 saturated heterocycles. The normalized spacial score (nSPS) is 17.1. The molecule has 0 aliphatic heterocycles. The average Bonchev–Trinajstić information content (AvgIpc) is 1.64. The fourth-order valence-corrected chi connectivity index (χ4v) is 17.3. The number of carbonyl (C=O) groups is 2. The number of aromatic hydroxyl groups is 1. The summed E-state index contributed by atoms with van der Waals surface area (Å²) >= 11 is 37.4. The smallest absolute Gasteiger partial charge is 0.306 e. The lowest BCUT2D eigenvalue weighted by Gasteiger charge is -2.27. The van der Waals surface area contributed by atoms with Gasteiger partial charge in [0.05, 0.1) is 105 Å². The van der Waals surface area contributed by atoms with Crippen LogP contribution in [0.25, 0.3) is 0 Å². The van der Waals surface area contributed by atoms with Crippen molar-refractivity contribution in [1.82, 2.24) is 28.9 Å². The van der Waals surface area contributed by atoms with Crippen molar-refractivity contribution >= 4 is 112 Å². The Labute approximate surface area is 720 Å². The molecule has 7 N–H and O–H groups in total. The minimum absolute atomic E-state index is 0.00313. The van der Waals surface area contributed by atoms with Gasteiger partial charge in [-0.1, -0.05) is 69.6 Å². The number of nitrogens with zero attached hydrogens (tertiary/aromatic N) is 3. The topological polar surface area (TPSA) is 341 Å². The Hall–Kier alpha value is -5.31. The molecule has 0 radical (unpaired) electrons. The van der Waals surface area contributed by atoms with Gasteiger partial charge in [0.1, 0.15) is 40.7 Å². The highest BCUT2D eigenvalue weighted by Crippen LogP contribution is 2.45. The molecule has 0 bridgehead atoms. The third-order valence-corrected chi connectivity index (χ3v) is 23.9. The molecule has 0 amide bonds. The van der Waals surface area contributed by atoms with Crippen molar-refractivity contribution in [2.45, 2.75) is 149 Å². The van der Waals surface area contributed by atoms with E-state index in [4.69, 9.17) is 123 Å². The van der Waals surface area contributed by atoms with Gasteiger partial charge in [-0.3, -0.25) is 9.59 Å². The summed E-state index contributed by atoms with van der Waals surface area (Å²) in [7, 11) is 0.818. The number of benzene rings is 6. The van der Waals surface area contributed by atoms with Gasteiger partial charge in [0.2, 0.25) is 30.1 Å². The van der Waals surface area contributed by atoms with Crippen LogP contribution >= 0.6 is 69.6 Å². The summed E-state index contributed by atoms with van der Waals surface area (Å²) in [6.45, 7) is 15.9. The van der Waals surface area contributed by atoms with Crippen molar-refractivity contribution in [2.24, 2.45) is 5.73 Å². The number of phenols is 1. The number of nitrogens with two attached hydrogens (primary N) is 1. The number of fused-ring (bicyclic) bond motifs is 3. The van der Waals surface area contributed by atoms with Crippen molar-refractivity contribution in [3.05, 3.63) is 173 Å². The number of phenolic OH excluding ortho intramolecular Hbond substituents is 1. The molecule has 117 heavy (non-hydrogen) atoms. The zero-order valence-electron chi connectivity index (χ0n) is 68.3. The van der Waals surface area contributed by atoms with E-state index in [0.29, 0.717) is 140 Å². The standard InChI is InChI=1S/C29H40Cl2N2O7S.C23H31Cl2N3O5S.C18H29NO7S.C11H13Cl2NO/c1-29(2,3)40-27(34)7-6-13-37-15-16-38-14-12-32-41(35,36)22-10-8-21(9-11-22)39-28-24-17-20(30)18-25(31)23(24)19-26(28)33(4)5;1-28(2)22-15-19-20(13-16(24)14-21(19)25)23(22)33-17-3-5-18(6-4-17)34(29,30)27-8-10-32-12-11-31-9-7-26;1-18(2,3)26-17(21)5-4-11-24-13-14-25-12-10-19-27(22,23)16-8-6-15(20)7-9-16;1-14(2)11-8-3-6(12)4-9(13)7(8)5-10(11)15/h8-11,17-18,26,28,32H,6-7,12-16,19H2,1-5H3;3-6,13-14,22-23,27H,7-12,15,26H2,1-2H3;6-9,19-20H,4-5,10-14H2,1-3H3;3-4,10-11,15H,5H2,1-2H3/t26-,28-;22-,23-;;10-,11-/m00.1/s1. The predicted octanol–water partition coefficient (Wildman–Crippen LogP) is 12.2. The van der Waals surface area contributed by atoms with Gasteiger partial charge in [0.25, 0.3) is 0 Å². The first-order chi connectivity index (χ1) is 55.1. The Bertz CT molecular complexity index is 4460. The summed E-state index contributed by atoms with van der Waals surface area (Å²) in [5, 5.41) is 22.7. The maximum absolute atomic E-state index is 12.7. The third kappa shape index (κ3) is 34.1. The van der Waals surface area contributed by atoms with Crippen molar-refractivity contribution in [2.75, 3.05) is 148 Å². The van der Waals surface area contributed by atoms with Crippen LogP contribution in [0.3, 0.4) is 0 Å². The van der Waals surface area contributed by atoms with Gasteiger partial charge < -0.3 is 78.0 Å². The van der Waals surface area contributed by atoms with Crippen LogP contribution in [0.15, 0.2) is 124 Å². The number of carbonyl (C=O) groups excluding carboxylic acids is 2. The van der Waals surface area contributed by atoms with Crippen LogP contribution in [0.1, 0.15) is 119 Å². The molecule has 3 aliphatic rings. The summed E-state index contributed by atoms with van der Waals surface area (Å²) in [5.41, 5.74) is 10.3. The molecular weight excluding hydrogens is 1700 g/mol. The molecule has 0 saturated carbocycles. The van der Waals surface area contributed by atoms with E-state index in [9.17, 15) is 45.1 Å². The van der Waals surface area contributed by atoms with Crippen LogP contribution in [-0.2, 0) is 96.8 Å². The van der Waals surface area contributed by atoms with Gasteiger partial charge in [-0.25, -0.2) is 39.4 Å². The average molecular weight is 1810 g/mol. The van der Waals surface area contributed by atoms with Gasteiger partial charge in [-0.15, -0.1) is 0 Å². The van der Waals surface area contributed by atoms with E-state index < -0.39 is 47.4 Å². The van der Waals surface area contributed by atoms with Gasteiger partial charge in [-0.2, -0.15) is 0 Å². The number of sulfonamides is 3. The Kier molecular flexibility index (Phi) is 41.7. The highest BCUT2D eigenvalue weighted by Gasteiger charge is 2.40. The number of likely N-dealkylation sites (N-methyl/N-ethyl adjacent to an activating group) is 3. The predicted molar refractivity (Wildman–Crippen MR) is 455 cm³/mol. The molecule has 27 nitrogen and oxygen atoms in total. The molecule has 0 fully saturated rings. The first-order valence-electron chi connectivity index (χ1n) is 38.1. The van der Waals surface area contributed by atoms with E-state index >= 15 is 0 Å². The quantitative estimate of drug-likeness (QED) is 0.0153. The lowest BCUT2D eigenvalue weighted by atomic mass is 10.1. The van der Waals surface area contributed by atoms with Gasteiger partial charge in [0, 0.05) is 99.9 Å². The minimum Gasteiger partial charge on any atom is -0.508 e. The second-order valence-corrected chi connectivity index (χ2v) is 37.9. The molecule has 652 valence electrons. The third-order valence-electron chi connectivity index (χ3n) is 17.8. The zero-order chi connectivity index (χ0) is 86.4. The van der Waals surface area contributed by atoms with E-state index in [1.54, 1.807) is 42.5 Å². The number of aliphatic hydroxyl groups is 1. The molecule has 0 heterocycles. The van der Waals surface area contributed by atoms with Crippen LogP contribution in [0.4, 0.5) is 0 Å². The summed E-state index contributed by atoms with van der Waals surface area (Å²) < 4.78 is 137. The first-order valence-corrected chi connectivity index (χ1v) is 44.8. The second-order valence-electron chi connectivity index (χ2n) is 30.1. The van der Waals surface area contributed by atoms with Gasteiger partial charge in [-0.05, 0) is 241 Å². The molecule has 0 spiro atoms. The highest BCUT2D eigenvalue weighted by molar-refractivity contribution is 7.90. The summed E-state index contributed by atoms with van der Waals surface area (Å²) in [4.78, 5) is 29.7. The van der Waals surface area contributed by atoms with Crippen molar-refractivity contribution in [3.63, 3.8) is 0 Å². The van der Waals surface area contributed by atoms with Gasteiger partial charge in [0.15, 0.2) is 0 Å². The maximum Gasteiger partial charge on any atom is 0.306 e. The Morgan fingerprint density at radius 3 is 1.06 bits per heavy atom. The maximum atomic E-state index is 12.7. The van der Waals surface area contributed by atoms with Crippen LogP contribution in [0.2, 0.25) is 30.1 Å². The molecule has 9 rings (SSSR count). The van der Waals surface area contributed by atoms with E-state index in [-0.39, 0.29) is 102 Å². The number of esters is 2. The molecule has 6 aromatic carbocycles. The zero-order valence-corrected chi connectivity index (χ0v) is 75.3. The number of ether oxygens (including phenoxy) is 10. The SMILES string of the molecule is CC(C)(C)OC(=O)CCCOCCOCCNS(=O)(=O)c1ccc(O)cc1.CN(C)[C@@H]1c2cc(Cl)cc(Cl)c2C[C@H]1O.CN(C)[C@H]1Cc2c(Cl)cc(Cl)cc2[C@@H]1Oc1ccc(S(=O)(=O)NCCOCCOCCCC(=O)OC(C)(C)C)cc1.CN(C)[C@H]1Cc2c(Cl)cc(Cl)cc2[C@@H]1Oc1ccc(S(=O)(=O)NCCOCCOCCN)cc1. The molecule has 36 heteroatoms. The Morgan fingerprint density at radius 1 is 0.436 bits per heavy atom. The second kappa shape index (κ2) is 48.5. The molecule has 6 atom stereocenters. The van der Waals surface area contributed by atoms with E-state index in [1.165, 1.54) is 48.5 Å². The fourth-order valence-electron chi connectivity index (χ4n) is 12.5. The lowest BCUT2D eigenvalue weighted by molar-refractivity contribution is -0.156. The number of halogens is 6. The van der Waals surface area contributed by atoms with Crippen LogP contribution in [-0.4, -0.2) is 239 Å². The number of aliphatic hydroxyl groups excluding tert-OH is 1. The van der Waals surface area contributed by atoms with Crippen molar-refractivity contribution in [3.8, 4) is 17.2 Å². The summed E-state index contributed by atoms with van der Waals surface area (Å²) in [6.07, 6.45) is 2.81. The number of nitrogens with one attached hydrogen (secondary N) is 3. The Balaban J connectivity index is 0.000000254. The monoisotopic (exact) mass is 1810 g/mol. The lowest BCUT2D eigenvalue weighted by Crippen LogP contribution is -2.34. The van der Waals surface area contributed by atoms with E-state index in [0.717, 1.165) is 46.2 Å². The van der Waals surface area contributed by atoms with E-state index in [1.807, 2.05) is 107 Å².